The number of rotatable bonds is 26. The van der Waals surface area contributed by atoms with Crippen LogP contribution < -0.4 is 38.5 Å². The van der Waals surface area contributed by atoms with Crippen LogP contribution in [0.1, 0.15) is 168 Å². The van der Waals surface area contributed by atoms with Gasteiger partial charge in [-0.15, -0.1) is 0 Å². The summed E-state index contributed by atoms with van der Waals surface area (Å²) >= 11 is 0. The molecule has 244 valence electrons. The summed E-state index contributed by atoms with van der Waals surface area (Å²) in [6.07, 6.45) is 42.9. The Morgan fingerprint density at radius 2 is 0.524 bits per heavy atom. The number of hydrogen-bond donors (Lipinski definition) is 0. The summed E-state index contributed by atoms with van der Waals surface area (Å²) < 4.78 is 4.57. The third kappa shape index (κ3) is 30.5. The van der Waals surface area contributed by atoms with Crippen molar-refractivity contribution in [3.63, 3.8) is 0 Å². The molecule has 0 saturated carbocycles. The van der Waals surface area contributed by atoms with Crippen molar-refractivity contribution in [3.05, 3.63) is 61.2 Å². The van der Waals surface area contributed by atoms with Crippen LogP contribution in [0.25, 0.3) is 0 Å². The zero-order valence-corrected chi connectivity index (χ0v) is 30.2. The van der Waals surface area contributed by atoms with E-state index in [1.165, 1.54) is 167 Å². The summed E-state index contributed by atoms with van der Waals surface area (Å²) in [6.45, 7) is 6.93. The zero-order chi connectivity index (χ0) is 28.6. The van der Waals surface area contributed by atoms with Crippen LogP contribution in [0.3, 0.4) is 0 Å². The molecular formula is C38H68BrClN2. The van der Waals surface area contributed by atoms with Crippen LogP contribution in [0, 0.1) is 0 Å². The monoisotopic (exact) mass is 666 g/mol. The first-order chi connectivity index (χ1) is 19.9. The van der Waals surface area contributed by atoms with E-state index in [2.05, 4.69) is 84.2 Å². The summed E-state index contributed by atoms with van der Waals surface area (Å²) in [7, 11) is 0. The highest BCUT2D eigenvalue weighted by Crippen LogP contribution is 2.13. The van der Waals surface area contributed by atoms with E-state index in [1.54, 1.807) is 0 Å². The van der Waals surface area contributed by atoms with Crippen molar-refractivity contribution in [3.8, 4) is 0 Å². The lowest BCUT2D eigenvalue weighted by atomic mass is 10.0. The van der Waals surface area contributed by atoms with Gasteiger partial charge in [0.05, 0.1) is 0 Å². The molecule has 2 aromatic heterocycles. The van der Waals surface area contributed by atoms with Gasteiger partial charge < -0.3 is 29.4 Å². The molecular weight excluding hydrogens is 600 g/mol. The van der Waals surface area contributed by atoms with Gasteiger partial charge in [0.25, 0.3) is 0 Å². The number of nitrogens with zero attached hydrogens (tertiary/aromatic N) is 2. The second-order valence-corrected chi connectivity index (χ2v) is 12.0. The fraction of sp³-hybridized carbons (Fsp3) is 0.737. The number of aromatic nitrogens is 2. The maximum atomic E-state index is 2.29. The van der Waals surface area contributed by atoms with Crippen molar-refractivity contribution < 1.29 is 38.5 Å². The largest absolute Gasteiger partial charge is 1.00 e. The highest BCUT2D eigenvalue weighted by Gasteiger charge is 1.99. The van der Waals surface area contributed by atoms with Crippen molar-refractivity contribution in [2.45, 2.75) is 181 Å². The van der Waals surface area contributed by atoms with Crippen molar-refractivity contribution >= 4 is 0 Å². The van der Waals surface area contributed by atoms with Crippen molar-refractivity contribution in [2.24, 2.45) is 0 Å². The Bertz CT molecular complexity index is 728. The average Bonchev–Trinajstić information content (AvgIpc) is 3.00. The van der Waals surface area contributed by atoms with Crippen LogP contribution in [0.4, 0.5) is 0 Å². The van der Waals surface area contributed by atoms with Crippen LogP contribution in [0.15, 0.2) is 61.2 Å². The number of unbranched alkanes of at least 4 members (excludes halogenated alkanes) is 22. The molecule has 0 aromatic carbocycles. The average molecular weight is 668 g/mol. The number of hydrogen-bond acceptors (Lipinski definition) is 0. The third-order valence-corrected chi connectivity index (χ3v) is 8.09. The maximum absolute atomic E-state index is 2.29. The molecule has 0 fully saturated rings. The minimum absolute atomic E-state index is 0. The molecule has 0 N–H and O–H groups in total. The van der Waals surface area contributed by atoms with Crippen LogP contribution in [0.5, 0.6) is 0 Å². The standard InChI is InChI=1S/C21H38N.C17H30N.BrH.ClH/c1-2-3-4-5-6-7-8-9-10-11-12-13-14-16-19-22-20-17-15-18-21-22;1-2-3-4-5-6-7-8-9-10-12-15-18-16-13-11-14-17-18;;/h15,17-18,20-21H,2-14,16,19H2,1H3;11,13-14,16-17H,2-10,12,15H2,1H3;2*1H/q2*+1;;/p-2. The zero-order valence-electron chi connectivity index (χ0n) is 27.8. The van der Waals surface area contributed by atoms with Gasteiger partial charge in [-0.3, -0.25) is 0 Å². The lowest BCUT2D eigenvalue weighted by molar-refractivity contribution is -0.697. The molecule has 2 heterocycles. The van der Waals surface area contributed by atoms with Gasteiger partial charge in [-0.1, -0.05) is 154 Å². The Morgan fingerprint density at radius 3 is 0.762 bits per heavy atom. The van der Waals surface area contributed by atoms with Gasteiger partial charge in [-0.25, -0.2) is 9.13 Å². The molecule has 0 saturated heterocycles. The summed E-state index contributed by atoms with van der Waals surface area (Å²) in [6, 6.07) is 12.6. The van der Waals surface area contributed by atoms with Gasteiger partial charge >= 0.3 is 0 Å². The van der Waals surface area contributed by atoms with Gasteiger partial charge in [-0.05, 0) is 12.8 Å². The predicted molar refractivity (Wildman–Crippen MR) is 175 cm³/mol. The second kappa shape index (κ2) is 36.3. The molecule has 0 aliphatic rings. The van der Waals surface area contributed by atoms with Crippen molar-refractivity contribution in [2.75, 3.05) is 0 Å². The molecule has 0 atom stereocenters. The van der Waals surface area contributed by atoms with Crippen LogP contribution in [0.2, 0.25) is 0 Å². The quantitative estimate of drug-likeness (QED) is 0.0944. The molecule has 0 radical (unpaired) electrons. The maximum Gasteiger partial charge on any atom is 0.168 e. The summed E-state index contributed by atoms with van der Waals surface area (Å²) in [5.74, 6) is 0. The minimum Gasteiger partial charge on any atom is -1.00 e. The predicted octanol–water partition coefficient (Wildman–Crippen LogP) is 5.36. The molecule has 4 heteroatoms. The molecule has 0 unspecified atom stereocenters. The Hall–Kier alpha value is -0.930. The van der Waals surface area contributed by atoms with Gasteiger partial charge in [-0.2, -0.15) is 0 Å². The van der Waals surface area contributed by atoms with Crippen molar-refractivity contribution in [1.29, 1.82) is 0 Å². The lowest BCUT2D eigenvalue weighted by Gasteiger charge is -2.02. The molecule has 0 bridgehead atoms. The van der Waals surface area contributed by atoms with Gasteiger partial charge in [0.1, 0.15) is 13.1 Å². The van der Waals surface area contributed by atoms with E-state index in [0.29, 0.717) is 0 Å². The van der Waals surface area contributed by atoms with Crippen LogP contribution >= 0.6 is 0 Å². The van der Waals surface area contributed by atoms with E-state index in [-0.39, 0.29) is 29.4 Å². The van der Waals surface area contributed by atoms with E-state index in [1.807, 2.05) is 0 Å². The molecule has 2 nitrogen and oxygen atoms in total. The Balaban J connectivity index is 0. The topological polar surface area (TPSA) is 7.76 Å². The summed E-state index contributed by atoms with van der Waals surface area (Å²) in [5, 5.41) is 0. The molecule has 0 aliphatic heterocycles. The molecule has 0 aliphatic carbocycles. The van der Waals surface area contributed by atoms with Crippen LogP contribution in [-0.4, -0.2) is 0 Å². The minimum atomic E-state index is 0. The summed E-state index contributed by atoms with van der Waals surface area (Å²) in [4.78, 5) is 0. The molecule has 0 amide bonds. The van der Waals surface area contributed by atoms with E-state index in [9.17, 15) is 0 Å². The van der Waals surface area contributed by atoms with Gasteiger partial charge in [0.15, 0.2) is 24.8 Å². The van der Waals surface area contributed by atoms with E-state index in [4.69, 9.17) is 0 Å². The van der Waals surface area contributed by atoms with Gasteiger partial charge in [0.2, 0.25) is 0 Å². The number of halogens is 2. The number of pyridine rings is 2. The van der Waals surface area contributed by atoms with E-state index in [0.717, 1.165) is 0 Å². The Labute approximate surface area is 279 Å². The number of aryl methyl sites for hydroxylation is 2. The first kappa shape index (κ1) is 43.2. The molecule has 42 heavy (non-hydrogen) atoms. The highest BCUT2D eigenvalue weighted by atomic mass is 79.9. The summed E-state index contributed by atoms with van der Waals surface area (Å²) in [5.41, 5.74) is 0. The fourth-order valence-corrected chi connectivity index (χ4v) is 5.44. The highest BCUT2D eigenvalue weighted by molar-refractivity contribution is 4.84. The van der Waals surface area contributed by atoms with Crippen molar-refractivity contribution in [1.82, 2.24) is 0 Å². The normalized spacial score (nSPS) is 10.3. The van der Waals surface area contributed by atoms with Gasteiger partial charge in [0, 0.05) is 37.1 Å². The lowest BCUT2D eigenvalue weighted by Crippen LogP contribution is -3.00. The first-order valence-electron chi connectivity index (χ1n) is 17.7. The SMILES string of the molecule is CCCCCCCCCCCCCCCC[n+]1ccccc1.CCCCCCCCCCCC[n+]1ccccc1.[Br-].[Cl-]. The molecule has 2 aromatic rings. The van der Waals surface area contributed by atoms with Crippen LogP contribution in [-0.2, 0) is 13.1 Å². The Morgan fingerprint density at radius 1 is 0.310 bits per heavy atom. The molecule has 2 rings (SSSR count). The third-order valence-electron chi connectivity index (χ3n) is 8.09. The first-order valence-corrected chi connectivity index (χ1v) is 17.7. The van der Waals surface area contributed by atoms with E-state index < -0.39 is 0 Å². The smallest absolute Gasteiger partial charge is 0.168 e. The fourth-order valence-electron chi connectivity index (χ4n) is 5.44. The van der Waals surface area contributed by atoms with E-state index >= 15 is 0 Å². The Kier molecular flexibility index (Phi) is 37.3. The molecule has 0 spiro atoms. The second-order valence-electron chi connectivity index (χ2n) is 12.0.